The molecule has 0 aliphatic carbocycles. The largest absolute Gasteiger partial charge is 0.484 e. The second-order valence-corrected chi connectivity index (χ2v) is 7.80. The molecule has 0 aliphatic heterocycles. The number of amides is 1. The van der Waals surface area contributed by atoms with Crippen LogP contribution in [0.4, 0.5) is 23.2 Å². The fourth-order valence-corrected chi connectivity index (χ4v) is 3.40. The van der Waals surface area contributed by atoms with Crippen LogP contribution in [0, 0.1) is 23.3 Å². The predicted molar refractivity (Wildman–Crippen MR) is 115 cm³/mol. The van der Waals surface area contributed by atoms with E-state index in [1.54, 1.807) is 12.1 Å². The van der Waals surface area contributed by atoms with Crippen molar-refractivity contribution in [3.8, 4) is 5.75 Å². The van der Waals surface area contributed by atoms with Gasteiger partial charge in [0.15, 0.2) is 23.2 Å². The minimum Gasteiger partial charge on any atom is -0.484 e. The lowest BCUT2D eigenvalue weighted by Gasteiger charge is -2.07. The van der Waals surface area contributed by atoms with Crippen LogP contribution < -0.4 is 10.1 Å². The summed E-state index contributed by atoms with van der Waals surface area (Å²) in [5, 5.41) is 7.13. The number of benzene rings is 2. The van der Waals surface area contributed by atoms with Crippen LogP contribution in [0.1, 0.15) is 21.9 Å². The lowest BCUT2D eigenvalue weighted by atomic mass is 10.2. The van der Waals surface area contributed by atoms with Crippen LogP contribution in [-0.4, -0.2) is 15.7 Å². The zero-order valence-corrected chi connectivity index (χ0v) is 18.4. The minimum atomic E-state index is -1.78. The molecule has 0 saturated carbocycles. The molecule has 176 valence electrons. The van der Waals surface area contributed by atoms with Crippen LogP contribution in [0.3, 0.4) is 0 Å². The van der Waals surface area contributed by atoms with Gasteiger partial charge in [-0.3, -0.25) is 9.48 Å². The van der Waals surface area contributed by atoms with Crippen LogP contribution >= 0.6 is 23.2 Å². The summed E-state index contributed by atoms with van der Waals surface area (Å²) in [6.45, 7) is -0.530. The Kier molecular flexibility index (Phi) is 6.80. The van der Waals surface area contributed by atoms with Gasteiger partial charge in [0.2, 0.25) is 0 Å². The fraction of sp³-hybridized carbons (Fsp3) is 0.0909. The summed E-state index contributed by atoms with van der Waals surface area (Å²) in [6, 6.07) is 7.94. The Bertz CT molecular complexity index is 1370. The third kappa shape index (κ3) is 5.18. The highest BCUT2D eigenvalue weighted by Gasteiger charge is 2.20. The van der Waals surface area contributed by atoms with E-state index in [4.69, 9.17) is 32.4 Å². The number of nitrogens with zero attached hydrogens (tertiary/aromatic N) is 2. The molecule has 4 aromatic rings. The van der Waals surface area contributed by atoms with Gasteiger partial charge in [-0.15, -0.1) is 0 Å². The topological polar surface area (TPSA) is 69.3 Å². The monoisotopic (exact) mass is 513 g/mol. The number of furan rings is 1. The number of nitrogens with one attached hydrogen (secondary N) is 1. The summed E-state index contributed by atoms with van der Waals surface area (Å²) >= 11 is 11.9. The van der Waals surface area contributed by atoms with Gasteiger partial charge in [0.1, 0.15) is 23.9 Å². The van der Waals surface area contributed by atoms with Crippen molar-refractivity contribution in [2.45, 2.75) is 13.2 Å². The maximum absolute atomic E-state index is 13.9. The van der Waals surface area contributed by atoms with Gasteiger partial charge in [0.05, 0.1) is 23.5 Å². The summed E-state index contributed by atoms with van der Waals surface area (Å²) in [7, 11) is 0. The second-order valence-electron chi connectivity index (χ2n) is 6.96. The van der Waals surface area contributed by atoms with Gasteiger partial charge >= 0.3 is 0 Å². The third-order valence-electron chi connectivity index (χ3n) is 4.57. The van der Waals surface area contributed by atoms with Crippen molar-refractivity contribution in [3.05, 3.63) is 99.2 Å². The lowest BCUT2D eigenvalue weighted by molar-refractivity contribution is 0.0992. The molecule has 2 heterocycles. The molecular formula is C22H13Cl2F4N3O3. The molecule has 0 spiro atoms. The molecule has 1 amide bonds. The third-order valence-corrected chi connectivity index (χ3v) is 5.10. The zero-order valence-electron chi connectivity index (χ0n) is 16.9. The SMILES string of the molecule is O=C(Nc1cnn(Cc2c(F)cc(F)c(F)c2F)c1)c1ccc(COc2ccc(Cl)cc2Cl)o1. The van der Waals surface area contributed by atoms with Crippen molar-refractivity contribution in [2.75, 3.05) is 5.32 Å². The van der Waals surface area contributed by atoms with Crippen molar-refractivity contribution in [1.82, 2.24) is 9.78 Å². The Hall–Kier alpha value is -3.50. The number of hydrogen-bond acceptors (Lipinski definition) is 4. The van der Waals surface area contributed by atoms with E-state index in [0.29, 0.717) is 21.6 Å². The minimum absolute atomic E-state index is 0.00206. The van der Waals surface area contributed by atoms with E-state index < -0.39 is 41.3 Å². The van der Waals surface area contributed by atoms with Gasteiger partial charge in [-0.2, -0.15) is 5.10 Å². The van der Waals surface area contributed by atoms with Crippen molar-refractivity contribution in [2.24, 2.45) is 0 Å². The van der Waals surface area contributed by atoms with Gasteiger partial charge in [0, 0.05) is 22.8 Å². The molecule has 12 heteroatoms. The molecule has 0 radical (unpaired) electrons. The number of aromatic nitrogens is 2. The summed E-state index contributed by atoms with van der Waals surface area (Å²) in [5.74, 6) is -6.26. The van der Waals surface area contributed by atoms with Gasteiger partial charge < -0.3 is 14.5 Å². The predicted octanol–water partition coefficient (Wildman–Crippen LogP) is 6.22. The maximum Gasteiger partial charge on any atom is 0.291 e. The van der Waals surface area contributed by atoms with E-state index >= 15 is 0 Å². The quantitative estimate of drug-likeness (QED) is 0.181. The fourth-order valence-electron chi connectivity index (χ4n) is 2.94. The molecule has 6 nitrogen and oxygen atoms in total. The number of carbonyl (C=O) groups excluding carboxylic acids is 1. The van der Waals surface area contributed by atoms with Gasteiger partial charge in [-0.1, -0.05) is 23.2 Å². The van der Waals surface area contributed by atoms with Crippen molar-refractivity contribution in [1.29, 1.82) is 0 Å². The van der Waals surface area contributed by atoms with Gasteiger partial charge in [-0.25, -0.2) is 17.6 Å². The first kappa shape index (κ1) is 23.7. The number of rotatable bonds is 7. The normalized spacial score (nSPS) is 11.0. The Morgan fingerprint density at radius 3 is 2.62 bits per heavy atom. The number of hydrogen-bond donors (Lipinski definition) is 1. The number of ether oxygens (including phenoxy) is 1. The molecule has 34 heavy (non-hydrogen) atoms. The molecule has 0 fully saturated rings. The molecule has 0 saturated heterocycles. The first-order valence-corrected chi connectivity index (χ1v) is 10.3. The van der Waals surface area contributed by atoms with E-state index in [9.17, 15) is 22.4 Å². The zero-order chi connectivity index (χ0) is 24.4. The van der Waals surface area contributed by atoms with E-state index in [0.717, 1.165) is 4.68 Å². The summed E-state index contributed by atoms with van der Waals surface area (Å²) < 4.78 is 66.2. The Morgan fingerprint density at radius 2 is 1.85 bits per heavy atom. The highest BCUT2D eigenvalue weighted by Crippen LogP contribution is 2.28. The summed E-state index contributed by atoms with van der Waals surface area (Å²) in [6.07, 6.45) is 2.47. The van der Waals surface area contributed by atoms with Crippen LogP contribution in [0.15, 0.2) is 53.2 Å². The van der Waals surface area contributed by atoms with E-state index in [1.807, 2.05) is 0 Å². The molecule has 2 aromatic heterocycles. The number of anilines is 1. The standard InChI is InChI=1S/C22H13Cl2F4N3O3/c23-11-1-3-18(15(24)5-11)33-10-13-2-4-19(34-13)22(32)30-12-7-29-31(8-12)9-14-16(25)6-17(26)21(28)20(14)27/h1-8H,9-10H2,(H,30,32). The summed E-state index contributed by atoms with van der Waals surface area (Å²) in [5.41, 5.74) is -0.535. The van der Waals surface area contributed by atoms with Crippen molar-refractivity contribution in [3.63, 3.8) is 0 Å². The highest BCUT2D eigenvalue weighted by atomic mass is 35.5. The molecule has 1 N–H and O–H groups in total. The summed E-state index contributed by atoms with van der Waals surface area (Å²) in [4.78, 5) is 12.4. The number of halogens is 6. The lowest BCUT2D eigenvalue weighted by Crippen LogP contribution is -2.11. The molecule has 0 aliphatic rings. The molecule has 2 aromatic carbocycles. The van der Waals surface area contributed by atoms with E-state index in [1.165, 1.54) is 30.6 Å². The van der Waals surface area contributed by atoms with Gasteiger partial charge in [-0.05, 0) is 30.3 Å². The van der Waals surface area contributed by atoms with Crippen molar-refractivity contribution < 1.29 is 31.5 Å². The maximum atomic E-state index is 13.9. The van der Waals surface area contributed by atoms with Crippen LogP contribution in [0.25, 0.3) is 0 Å². The molecule has 4 rings (SSSR count). The van der Waals surface area contributed by atoms with Crippen LogP contribution in [-0.2, 0) is 13.2 Å². The molecule has 0 atom stereocenters. The highest BCUT2D eigenvalue weighted by molar-refractivity contribution is 6.35. The van der Waals surface area contributed by atoms with Crippen molar-refractivity contribution >= 4 is 34.8 Å². The average Bonchev–Trinajstić information content (AvgIpc) is 3.44. The first-order valence-electron chi connectivity index (χ1n) is 9.53. The second kappa shape index (κ2) is 9.78. The average molecular weight is 514 g/mol. The Morgan fingerprint density at radius 1 is 1.06 bits per heavy atom. The Balaban J connectivity index is 1.38. The smallest absolute Gasteiger partial charge is 0.291 e. The molecule has 0 bridgehead atoms. The first-order chi connectivity index (χ1) is 16.2. The molecule has 0 unspecified atom stereocenters. The van der Waals surface area contributed by atoms with Crippen LogP contribution in [0.2, 0.25) is 10.0 Å². The van der Waals surface area contributed by atoms with E-state index in [2.05, 4.69) is 10.4 Å². The van der Waals surface area contributed by atoms with Crippen LogP contribution in [0.5, 0.6) is 5.75 Å². The van der Waals surface area contributed by atoms with Gasteiger partial charge in [0.25, 0.3) is 5.91 Å². The number of carbonyl (C=O) groups is 1. The van der Waals surface area contributed by atoms with E-state index in [-0.39, 0.29) is 24.1 Å². The Labute approximate surface area is 199 Å². The molecular weight excluding hydrogens is 501 g/mol.